The van der Waals surface area contributed by atoms with Crippen molar-refractivity contribution in [3.05, 3.63) is 65.1 Å². The van der Waals surface area contributed by atoms with E-state index in [2.05, 4.69) is 65.2 Å². The standard InChI is InChI=1S/C25H25N9O2/c35-23(34-9-6-19-20(14-34)30-33-29-19)25(7-3-8-25)22-32-31-21(36-22)17-12-26-24(27-13-17)28-18-10-15-4-1-2-5-16(15)11-18/h1-2,4-5,12-13,18H,3,6-11,14H2,(H,26,27,28)(H,29,30,33). The molecule has 2 aliphatic carbocycles. The number of amides is 1. The highest BCUT2D eigenvalue weighted by Crippen LogP contribution is 2.45. The van der Waals surface area contributed by atoms with E-state index in [-0.39, 0.29) is 11.9 Å². The van der Waals surface area contributed by atoms with Crippen molar-refractivity contribution in [1.82, 2.24) is 40.5 Å². The molecular weight excluding hydrogens is 458 g/mol. The fraction of sp³-hybridized carbons (Fsp3) is 0.400. The van der Waals surface area contributed by atoms with Gasteiger partial charge in [0, 0.05) is 31.4 Å². The molecule has 1 aromatic carbocycles. The molecule has 1 aliphatic heterocycles. The summed E-state index contributed by atoms with van der Waals surface area (Å²) >= 11 is 0. The van der Waals surface area contributed by atoms with Gasteiger partial charge in [0.1, 0.15) is 11.1 Å². The lowest BCUT2D eigenvalue weighted by atomic mass is 9.67. The molecule has 7 rings (SSSR count). The van der Waals surface area contributed by atoms with Crippen LogP contribution in [-0.2, 0) is 36.0 Å². The number of nitrogens with zero attached hydrogens (tertiary/aromatic N) is 7. The highest BCUT2D eigenvalue weighted by Gasteiger charge is 2.52. The van der Waals surface area contributed by atoms with Crippen molar-refractivity contribution in [3.63, 3.8) is 0 Å². The molecule has 0 atom stereocenters. The maximum Gasteiger partial charge on any atom is 0.250 e. The summed E-state index contributed by atoms with van der Waals surface area (Å²) in [6, 6.07) is 8.77. The van der Waals surface area contributed by atoms with Crippen molar-refractivity contribution in [2.75, 3.05) is 11.9 Å². The first-order valence-electron chi connectivity index (χ1n) is 12.4. The molecule has 0 bridgehead atoms. The number of aromatic nitrogens is 7. The first kappa shape index (κ1) is 21.2. The molecule has 1 fully saturated rings. The number of aromatic amines is 1. The number of fused-ring (bicyclic) bond motifs is 2. The molecule has 3 aliphatic rings. The van der Waals surface area contributed by atoms with Gasteiger partial charge < -0.3 is 14.6 Å². The number of H-pyrrole nitrogens is 1. The van der Waals surface area contributed by atoms with Crippen LogP contribution >= 0.6 is 0 Å². The lowest BCUT2D eigenvalue weighted by Gasteiger charge is -2.41. The summed E-state index contributed by atoms with van der Waals surface area (Å²) in [5.74, 6) is 1.28. The van der Waals surface area contributed by atoms with E-state index in [0.29, 0.717) is 55.6 Å². The van der Waals surface area contributed by atoms with Gasteiger partial charge in [-0.1, -0.05) is 30.7 Å². The monoisotopic (exact) mass is 483 g/mol. The van der Waals surface area contributed by atoms with Gasteiger partial charge in [0.25, 0.3) is 5.89 Å². The molecule has 3 aromatic heterocycles. The largest absolute Gasteiger partial charge is 0.419 e. The topological polar surface area (TPSA) is 139 Å². The summed E-state index contributed by atoms with van der Waals surface area (Å²) < 4.78 is 6.05. The Balaban J connectivity index is 1.06. The van der Waals surface area contributed by atoms with Crippen molar-refractivity contribution < 1.29 is 9.21 Å². The van der Waals surface area contributed by atoms with Crippen LogP contribution in [0.25, 0.3) is 11.5 Å². The predicted molar refractivity (Wildman–Crippen MR) is 128 cm³/mol. The van der Waals surface area contributed by atoms with E-state index < -0.39 is 5.41 Å². The van der Waals surface area contributed by atoms with Gasteiger partial charge in [0.05, 0.1) is 17.8 Å². The fourth-order valence-electron chi connectivity index (χ4n) is 5.52. The lowest BCUT2D eigenvalue weighted by Crippen LogP contribution is -2.52. The van der Waals surface area contributed by atoms with E-state index in [9.17, 15) is 4.79 Å². The number of nitrogens with one attached hydrogen (secondary N) is 2. The summed E-state index contributed by atoms with van der Waals surface area (Å²) in [5.41, 5.74) is 4.35. The van der Waals surface area contributed by atoms with Gasteiger partial charge in [0.15, 0.2) is 0 Å². The van der Waals surface area contributed by atoms with Crippen LogP contribution in [0.1, 0.15) is 47.7 Å². The highest BCUT2D eigenvalue weighted by molar-refractivity contribution is 5.88. The third-order valence-electron chi connectivity index (χ3n) is 7.68. The first-order valence-corrected chi connectivity index (χ1v) is 12.4. The van der Waals surface area contributed by atoms with Crippen molar-refractivity contribution in [3.8, 4) is 11.5 Å². The Hall–Kier alpha value is -4.15. The van der Waals surface area contributed by atoms with Crippen LogP contribution in [-0.4, -0.2) is 59.0 Å². The summed E-state index contributed by atoms with van der Waals surface area (Å²) in [6.07, 6.45) is 8.30. The molecule has 4 heterocycles. The Morgan fingerprint density at radius 2 is 1.81 bits per heavy atom. The van der Waals surface area contributed by atoms with Gasteiger partial charge in [-0.05, 0) is 36.8 Å². The van der Waals surface area contributed by atoms with Crippen LogP contribution in [0, 0.1) is 0 Å². The molecule has 0 radical (unpaired) electrons. The minimum absolute atomic E-state index is 0.0194. The average molecular weight is 484 g/mol. The number of benzene rings is 1. The Morgan fingerprint density at radius 1 is 1.06 bits per heavy atom. The number of anilines is 1. The second-order valence-electron chi connectivity index (χ2n) is 9.86. The Bertz CT molecular complexity index is 1400. The van der Waals surface area contributed by atoms with Crippen molar-refractivity contribution in [1.29, 1.82) is 0 Å². The average Bonchev–Trinajstić information content (AvgIpc) is 3.63. The van der Waals surface area contributed by atoms with Gasteiger partial charge in [0.2, 0.25) is 17.7 Å². The normalized spacial score (nSPS) is 18.4. The van der Waals surface area contributed by atoms with E-state index in [1.54, 1.807) is 12.4 Å². The van der Waals surface area contributed by atoms with Crippen LogP contribution in [0.4, 0.5) is 5.95 Å². The zero-order valence-corrected chi connectivity index (χ0v) is 19.6. The van der Waals surface area contributed by atoms with Crippen LogP contribution in [0.5, 0.6) is 0 Å². The highest BCUT2D eigenvalue weighted by atomic mass is 16.4. The fourth-order valence-corrected chi connectivity index (χ4v) is 5.52. The smallest absolute Gasteiger partial charge is 0.250 e. The van der Waals surface area contributed by atoms with Crippen LogP contribution in [0.15, 0.2) is 41.1 Å². The van der Waals surface area contributed by atoms with Gasteiger partial charge in [-0.3, -0.25) is 4.79 Å². The molecule has 0 saturated heterocycles. The summed E-state index contributed by atoms with van der Waals surface area (Å²) in [5, 5.41) is 22.9. The van der Waals surface area contributed by atoms with Gasteiger partial charge in [-0.2, -0.15) is 15.4 Å². The number of carbonyl (C=O) groups excluding carboxylic acids is 1. The minimum atomic E-state index is -0.772. The van der Waals surface area contributed by atoms with Crippen LogP contribution in [0.3, 0.4) is 0 Å². The molecule has 182 valence electrons. The van der Waals surface area contributed by atoms with Gasteiger partial charge >= 0.3 is 0 Å². The third-order valence-corrected chi connectivity index (χ3v) is 7.68. The zero-order valence-electron chi connectivity index (χ0n) is 19.6. The predicted octanol–water partition coefficient (Wildman–Crippen LogP) is 2.23. The molecule has 1 saturated carbocycles. The quantitative estimate of drug-likeness (QED) is 0.437. The van der Waals surface area contributed by atoms with Crippen LogP contribution in [0.2, 0.25) is 0 Å². The molecule has 11 heteroatoms. The number of hydrogen-bond donors (Lipinski definition) is 2. The second-order valence-corrected chi connectivity index (χ2v) is 9.86. The summed E-state index contributed by atoms with van der Waals surface area (Å²) in [6.45, 7) is 1.05. The maximum atomic E-state index is 13.6. The van der Waals surface area contributed by atoms with Gasteiger partial charge in [-0.15, -0.1) is 10.2 Å². The van der Waals surface area contributed by atoms with E-state index in [0.717, 1.165) is 30.7 Å². The molecule has 0 spiro atoms. The minimum Gasteiger partial charge on any atom is -0.419 e. The lowest BCUT2D eigenvalue weighted by molar-refractivity contribution is -0.143. The van der Waals surface area contributed by atoms with Crippen molar-refractivity contribution >= 4 is 11.9 Å². The molecule has 11 nitrogen and oxygen atoms in total. The molecule has 0 unspecified atom stereocenters. The van der Waals surface area contributed by atoms with E-state index in [1.807, 2.05) is 4.90 Å². The zero-order chi connectivity index (χ0) is 24.1. The van der Waals surface area contributed by atoms with Crippen molar-refractivity contribution in [2.24, 2.45) is 0 Å². The van der Waals surface area contributed by atoms with E-state index in [1.165, 1.54) is 11.1 Å². The van der Waals surface area contributed by atoms with Crippen LogP contribution < -0.4 is 5.32 Å². The molecule has 36 heavy (non-hydrogen) atoms. The third kappa shape index (κ3) is 3.45. The first-order chi connectivity index (χ1) is 17.7. The molecule has 2 N–H and O–H groups in total. The van der Waals surface area contributed by atoms with Crippen molar-refractivity contribution in [2.45, 2.75) is 56.5 Å². The summed E-state index contributed by atoms with van der Waals surface area (Å²) in [4.78, 5) is 24.4. The Labute approximate surface area is 206 Å². The summed E-state index contributed by atoms with van der Waals surface area (Å²) in [7, 11) is 0. The Kier molecular flexibility index (Phi) is 4.83. The number of carbonyl (C=O) groups is 1. The molecule has 4 aromatic rings. The van der Waals surface area contributed by atoms with Gasteiger partial charge in [-0.25, -0.2) is 9.97 Å². The number of hydrogen-bond acceptors (Lipinski definition) is 9. The number of rotatable bonds is 5. The molecule has 1 amide bonds. The Morgan fingerprint density at radius 3 is 2.53 bits per heavy atom. The second kappa shape index (κ2) is 8.21. The maximum absolute atomic E-state index is 13.6. The molecular formula is C25H25N9O2. The van der Waals surface area contributed by atoms with E-state index in [4.69, 9.17) is 4.42 Å². The SMILES string of the molecule is O=C(N1CCc2n[nH]nc2C1)C1(c2nnc(-c3cnc(NC4Cc5ccccc5C4)nc3)o2)CCC1. The van der Waals surface area contributed by atoms with E-state index >= 15 is 0 Å².